The molecule has 0 spiro atoms. The Morgan fingerprint density at radius 2 is 1.18 bits per heavy atom. The quantitative estimate of drug-likeness (QED) is 0.419. The summed E-state index contributed by atoms with van der Waals surface area (Å²) in [5.74, 6) is 0.806. The molecule has 7 heteroatoms. The van der Waals surface area contributed by atoms with Crippen LogP contribution in [0.2, 0.25) is 10.0 Å². The van der Waals surface area contributed by atoms with Crippen LogP contribution >= 0.6 is 23.2 Å². The van der Waals surface area contributed by atoms with Gasteiger partial charge in [-0.3, -0.25) is 9.59 Å². The topological polar surface area (TPSA) is 83.8 Å². The number of carboxylic acids is 1. The molecule has 5 nitrogen and oxygen atoms in total. The van der Waals surface area contributed by atoms with Gasteiger partial charge >= 0.3 is 11.9 Å². The minimum absolute atomic E-state index is 0.133. The molecule has 2 N–H and O–H groups in total. The Kier molecular flexibility index (Phi) is 11.2. The number of aliphatic hydroxyl groups is 1. The molecule has 4 rings (SSSR count). The average molecular weight is 495 g/mol. The molecular formula is C26H32Cl2O5. The lowest BCUT2D eigenvalue weighted by Gasteiger charge is -2.15. The summed E-state index contributed by atoms with van der Waals surface area (Å²) in [5, 5.41) is 17.3. The van der Waals surface area contributed by atoms with Crippen molar-refractivity contribution in [3.05, 3.63) is 69.7 Å². The molecule has 0 aliphatic heterocycles. The predicted molar refractivity (Wildman–Crippen MR) is 131 cm³/mol. The second kappa shape index (κ2) is 13.6. The highest BCUT2D eigenvalue weighted by Crippen LogP contribution is 2.45. The highest BCUT2D eigenvalue weighted by molar-refractivity contribution is 6.30. The Morgan fingerprint density at radius 3 is 1.48 bits per heavy atom. The molecule has 2 unspecified atom stereocenters. The standard InChI is InChI=1S/C13H15ClO2.C12H13ClO2.CH4O/c1-16-13(15)8-12(9-2-3-9)10-4-6-11(14)7-5-10;13-10-5-3-9(4-6-10)11(7-12(14)15)8-1-2-8;1-2/h4-7,9,12H,2-3,8H2,1H3;3-6,8,11H,1-2,7H2,(H,14,15);2H,1H3. The van der Waals surface area contributed by atoms with Gasteiger partial charge in [-0.1, -0.05) is 47.5 Å². The molecule has 0 saturated heterocycles. The number of carbonyl (C=O) groups excluding carboxylic acids is 1. The fourth-order valence-electron chi connectivity index (χ4n) is 3.98. The summed E-state index contributed by atoms with van der Waals surface area (Å²) in [7, 11) is 2.44. The van der Waals surface area contributed by atoms with Crippen molar-refractivity contribution in [1.82, 2.24) is 0 Å². The number of ether oxygens (including phenoxy) is 1. The van der Waals surface area contributed by atoms with Crippen LogP contribution in [0.1, 0.15) is 61.5 Å². The Labute approximate surface area is 205 Å². The first-order valence-electron chi connectivity index (χ1n) is 11.1. The van der Waals surface area contributed by atoms with Crippen LogP contribution in [0.25, 0.3) is 0 Å². The Morgan fingerprint density at radius 1 is 0.818 bits per heavy atom. The van der Waals surface area contributed by atoms with E-state index < -0.39 is 5.97 Å². The van der Waals surface area contributed by atoms with E-state index in [9.17, 15) is 9.59 Å². The number of hydrogen-bond acceptors (Lipinski definition) is 4. The van der Waals surface area contributed by atoms with Crippen LogP contribution < -0.4 is 0 Å². The molecule has 2 aromatic rings. The van der Waals surface area contributed by atoms with E-state index in [0.29, 0.717) is 29.2 Å². The zero-order valence-electron chi connectivity index (χ0n) is 19.0. The zero-order valence-corrected chi connectivity index (χ0v) is 20.6. The minimum atomic E-state index is -0.721. The molecule has 33 heavy (non-hydrogen) atoms. The summed E-state index contributed by atoms with van der Waals surface area (Å²) < 4.78 is 4.74. The first-order valence-corrected chi connectivity index (χ1v) is 11.9. The summed E-state index contributed by atoms with van der Waals surface area (Å²) in [6.07, 6.45) is 5.44. The molecule has 0 bridgehead atoms. The van der Waals surface area contributed by atoms with E-state index in [1.54, 1.807) is 0 Å². The number of aliphatic carboxylic acids is 1. The highest BCUT2D eigenvalue weighted by atomic mass is 35.5. The Hall–Kier alpha value is -2.08. The number of esters is 1. The number of benzene rings is 2. The number of methoxy groups -OCH3 is 1. The van der Waals surface area contributed by atoms with Crippen LogP contribution in [0.5, 0.6) is 0 Å². The number of carboxylic acid groups (broad SMARTS) is 1. The van der Waals surface area contributed by atoms with Crippen LogP contribution in [0, 0.1) is 11.8 Å². The smallest absolute Gasteiger partial charge is 0.306 e. The van der Waals surface area contributed by atoms with Crippen LogP contribution in [0.4, 0.5) is 0 Å². The minimum Gasteiger partial charge on any atom is -0.481 e. The largest absolute Gasteiger partial charge is 0.481 e. The number of carbonyl (C=O) groups is 2. The maximum absolute atomic E-state index is 11.3. The van der Waals surface area contributed by atoms with Crippen molar-refractivity contribution in [2.75, 3.05) is 14.2 Å². The molecule has 2 aliphatic rings. The molecular weight excluding hydrogens is 463 g/mol. The molecule has 2 fully saturated rings. The maximum atomic E-state index is 11.3. The lowest BCUT2D eigenvalue weighted by atomic mass is 9.91. The average Bonchev–Trinajstić information content (AvgIpc) is 3.72. The fourth-order valence-corrected chi connectivity index (χ4v) is 4.23. The van der Waals surface area contributed by atoms with Gasteiger partial charge in [-0.15, -0.1) is 0 Å². The van der Waals surface area contributed by atoms with Crippen LogP contribution in [-0.2, 0) is 14.3 Å². The predicted octanol–water partition coefficient (Wildman–Crippen LogP) is 6.31. The molecule has 0 radical (unpaired) electrons. The molecule has 2 aromatic carbocycles. The first kappa shape index (κ1) is 27.2. The third kappa shape index (κ3) is 9.36. The van der Waals surface area contributed by atoms with E-state index in [1.807, 2.05) is 48.5 Å². The monoisotopic (exact) mass is 494 g/mol. The number of aliphatic hydroxyl groups excluding tert-OH is 1. The molecule has 2 atom stereocenters. The number of rotatable bonds is 8. The van der Waals surface area contributed by atoms with Crippen molar-refractivity contribution in [2.24, 2.45) is 11.8 Å². The van der Waals surface area contributed by atoms with Gasteiger partial charge in [0.2, 0.25) is 0 Å². The van der Waals surface area contributed by atoms with Gasteiger partial charge in [-0.05, 0) is 84.7 Å². The van der Waals surface area contributed by atoms with Gasteiger partial charge in [0.1, 0.15) is 0 Å². The van der Waals surface area contributed by atoms with E-state index in [-0.39, 0.29) is 18.3 Å². The SMILES string of the molecule is CO.COC(=O)CC(c1ccc(Cl)cc1)C1CC1.O=C(O)CC(c1ccc(Cl)cc1)C1CC1. The number of halogens is 2. The van der Waals surface area contributed by atoms with Gasteiger partial charge in [0.15, 0.2) is 0 Å². The second-order valence-electron chi connectivity index (χ2n) is 8.37. The Bertz CT molecular complexity index is 875. The van der Waals surface area contributed by atoms with Crippen molar-refractivity contribution in [3.63, 3.8) is 0 Å². The van der Waals surface area contributed by atoms with Gasteiger partial charge < -0.3 is 14.9 Å². The molecule has 2 saturated carbocycles. The van der Waals surface area contributed by atoms with Crippen LogP contribution in [-0.4, -0.2) is 36.4 Å². The Balaban J connectivity index is 0.000000218. The van der Waals surface area contributed by atoms with E-state index in [0.717, 1.165) is 30.5 Å². The number of hydrogen-bond donors (Lipinski definition) is 2. The normalized spacial score (nSPS) is 16.3. The molecule has 0 aromatic heterocycles. The van der Waals surface area contributed by atoms with Crippen molar-refractivity contribution in [3.8, 4) is 0 Å². The lowest BCUT2D eigenvalue weighted by Crippen LogP contribution is -2.10. The molecule has 2 aliphatic carbocycles. The van der Waals surface area contributed by atoms with E-state index in [1.165, 1.54) is 25.5 Å². The summed E-state index contributed by atoms with van der Waals surface area (Å²) in [6, 6.07) is 15.3. The molecule has 0 amide bonds. The van der Waals surface area contributed by atoms with Gasteiger partial charge in [0.25, 0.3) is 0 Å². The lowest BCUT2D eigenvalue weighted by molar-refractivity contribution is -0.141. The third-order valence-electron chi connectivity index (χ3n) is 5.99. The van der Waals surface area contributed by atoms with Crippen LogP contribution in [0.15, 0.2) is 48.5 Å². The van der Waals surface area contributed by atoms with E-state index >= 15 is 0 Å². The van der Waals surface area contributed by atoms with Crippen LogP contribution in [0.3, 0.4) is 0 Å². The van der Waals surface area contributed by atoms with Crippen molar-refractivity contribution in [2.45, 2.75) is 50.4 Å². The summed E-state index contributed by atoms with van der Waals surface area (Å²) in [5.41, 5.74) is 2.29. The van der Waals surface area contributed by atoms with Gasteiger partial charge in [0, 0.05) is 17.2 Å². The summed E-state index contributed by atoms with van der Waals surface area (Å²) in [4.78, 5) is 22.1. The zero-order chi connectivity index (χ0) is 24.4. The molecule has 0 heterocycles. The highest BCUT2D eigenvalue weighted by Gasteiger charge is 2.34. The van der Waals surface area contributed by atoms with E-state index in [2.05, 4.69) is 0 Å². The first-order chi connectivity index (χ1) is 15.9. The fraction of sp³-hybridized carbons (Fsp3) is 0.462. The van der Waals surface area contributed by atoms with E-state index in [4.69, 9.17) is 38.2 Å². The van der Waals surface area contributed by atoms with Crippen molar-refractivity contribution < 1.29 is 24.5 Å². The van der Waals surface area contributed by atoms with Crippen molar-refractivity contribution >= 4 is 35.1 Å². The summed E-state index contributed by atoms with van der Waals surface area (Å²) >= 11 is 11.7. The molecule has 180 valence electrons. The van der Waals surface area contributed by atoms with Gasteiger partial charge in [-0.2, -0.15) is 0 Å². The van der Waals surface area contributed by atoms with Gasteiger partial charge in [-0.25, -0.2) is 0 Å². The maximum Gasteiger partial charge on any atom is 0.306 e. The van der Waals surface area contributed by atoms with Gasteiger partial charge in [0.05, 0.1) is 20.0 Å². The van der Waals surface area contributed by atoms with Crippen molar-refractivity contribution in [1.29, 1.82) is 0 Å². The third-order valence-corrected chi connectivity index (χ3v) is 6.49. The second-order valence-corrected chi connectivity index (χ2v) is 9.24. The summed E-state index contributed by atoms with van der Waals surface area (Å²) in [6.45, 7) is 0.